The van der Waals surface area contributed by atoms with E-state index in [1.807, 2.05) is 13.8 Å². The Kier molecular flexibility index (Phi) is 3.85. The summed E-state index contributed by atoms with van der Waals surface area (Å²) >= 11 is 0. The van der Waals surface area contributed by atoms with Gasteiger partial charge in [0.15, 0.2) is 0 Å². The topological polar surface area (TPSA) is 81.2 Å². The first-order valence-corrected chi connectivity index (χ1v) is 6.35. The number of non-ortho nitro benzene ring substituents is 1. The van der Waals surface area contributed by atoms with Crippen molar-refractivity contribution < 1.29 is 10.0 Å². The maximum absolute atomic E-state index is 10.6. The van der Waals surface area contributed by atoms with Crippen molar-refractivity contribution in [1.82, 2.24) is 9.78 Å². The predicted octanol–water partition coefficient (Wildman–Crippen LogP) is 2.51. The quantitative estimate of drug-likeness (QED) is 0.686. The van der Waals surface area contributed by atoms with Crippen LogP contribution in [-0.2, 0) is 6.54 Å². The lowest BCUT2D eigenvalue weighted by Crippen LogP contribution is -2.05. The van der Waals surface area contributed by atoms with Gasteiger partial charge in [-0.15, -0.1) is 0 Å². The Balaban J connectivity index is 2.26. The van der Waals surface area contributed by atoms with Crippen LogP contribution in [0.5, 0.6) is 0 Å². The summed E-state index contributed by atoms with van der Waals surface area (Å²) in [5, 5.41) is 24.7. The SMILES string of the molecule is Cc1nn(Cc2ccc([N+](=O)[O-])cc2)c(C)c1C(C)O. The molecule has 6 heteroatoms. The van der Waals surface area contributed by atoms with Crippen LogP contribution < -0.4 is 0 Å². The Labute approximate surface area is 116 Å². The second-order valence-corrected chi connectivity index (χ2v) is 4.84. The van der Waals surface area contributed by atoms with Crippen LogP contribution in [0.2, 0.25) is 0 Å². The van der Waals surface area contributed by atoms with Crippen molar-refractivity contribution in [3.05, 3.63) is 56.9 Å². The van der Waals surface area contributed by atoms with Crippen LogP contribution in [-0.4, -0.2) is 19.8 Å². The minimum atomic E-state index is -0.555. The Bertz CT molecular complexity index is 630. The van der Waals surface area contributed by atoms with E-state index in [1.165, 1.54) is 12.1 Å². The van der Waals surface area contributed by atoms with Crippen molar-refractivity contribution in [3.63, 3.8) is 0 Å². The minimum absolute atomic E-state index is 0.0757. The molecule has 0 spiro atoms. The highest BCUT2D eigenvalue weighted by Crippen LogP contribution is 2.22. The Hall–Kier alpha value is -2.21. The number of benzene rings is 1. The number of aliphatic hydroxyl groups excluding tert-OH is 1. The molecule has 0 aliphatic carbocycles. The van der Waals surface area contributed by atoms with Gasteiger partial charge in [0.25, 0.3) is 5.69 Å². The highest BCUT2D eigenvalue weighted by molar-refractivity contribution is 5.33. The molecule has 1 atom stereocenters. The predicted molar refractivity (Wildman–Crippen MR) is 74.5 cm³/mol. The van der Waals surface area contributed by atoms with Crippen LogP contribution in [0.15, 0.2) is 24.3 Å². The molecule has 106 valence electrons. The first-order chi connectivity index (χ1) is 9.40. The normalized spacial score (nSPS) is 12.4. The van der Waals surface area contributed by atoms with Gasteiger partial charge < -0.3 is 5.11 Å². The molecule has 0 radical (unpaired) electrons. The number of nitro benzene ring substituents is 1. The van der Waals surface area contributed by atoms with E-state index in [1.54, 1.807) is 23.7 Å². The average Bonchev–Trinajstić information content (AvgIpc) is 2.65. The fraction of sp³-hybridized carbons (Fsp3) is 0.357. The number of hydrogen-bond acceptors (Lipinski definition) is 4. The van der Waals surface area contributed by atoms with Gasteiger partial charge in [0.2, 0.25) is 0 Å². The fourth-order valence-corrected chi connectivity index (χ4v) is 2.37. The number of aliphatic hydroxyl groups is 1. The van der Waals surface area contributed by atoms with Crippen molar-refractivity contribution in [3.8, 4) is 0 Å². The van der Waals surface area contributed by atoms with Crippen LogP contribution in [0, 0.1) is 24.0 Å². The summed E-state index contributed by atoms with van der Waals surface area (Å²) in [5.74, 6) is 0. The Morgan fingerprint density at radius 2 is 1.95 bits per heavy atom. The lowest BCUT2D eigenvalue weighted by molar-refractivity contribution is -0.384. The number of nitrogens with zero attached hydrogens (tertiary/aromatic N) is 3. The molecule has 0 fully saturated rings. The number of rotatable bonds is 4. The standard InChI is InChI=1S/C14H17N3O3/c1-9-14(11(3)18)10(2)16(15-9)8-12-4-6-13(7-5-12)17(19)20/h4-7,11,18H,8H2,1-3H3. The number of nitro groups is 1. The number of aromatic nitrogens is 2. The first kappa shape index (κ1) is 14.2. The Morgan fingerprint density at radius 1 is 1.35 bits per heavy atom. The van der Waals surface area contributed by atoms with Crippen molar-refractivity contribution >= 4 is 5.69 Å². The Morgan fingerprint density at radius 3 is 2.40 bits per heavy atom. The van der Waals surface area contributed by atoms with Crippen LogP contribution in [0.4, 0.5) is 5.69 Å². The molecule has 0 aliphatic heterocycles. The molecule has 1 unspecified atom stereocenters. The van der Waals surface area contributed by atoms with E-state index in [0.717, 1.165) is 22.5 Å². The van der Waals surface area contributed by atoms with E-state index in [2.05, 4.69) is 5.10 Å². The summed E-state index contributed by atoms with van der Waals surface area (Å²) in [6.07, 6.45) is -0.555. The van der Waals surface area contributed by atoms with E-state index < -0.39 is 11.0 Å². The van der Waals surface area contributed by atoms with Gasteiger partial charge in [-0.1, -0.05) is 12.1 Å². The van der Waals surface area contributed by atoms with Crippen molar-refractivity contribution in [2.24, 2.45) is 0 Å². The maximum atomic E-state index is 10.6. The third-order valence-electron chi connectivity index (χ3n) is 3.33. The molecule has 1 heterocycles. The largest absolute Gasteiger partial charge is 0.389 e. The summed E-state index contributed by atoms with van der Waals surface area (Å²) in [4.78, 5) is 10.2. The molecule has 1 N–H and O–H groups in total. The van der Waals surface area contributed by atoms with Gasteiger partial charge in [0.1, 0.15) is 0 Å². The molecule has 0 aliphatic rings. The minimum Gasteiger partial charge on any atom is -0.389 e. The first-order valence-electron chi connectivity index (χ1n) is 6.35. The van der Waals surface area contributed by atoms with Gasteiger partial charge in [-0.3, -0.25) is 14.8 Å². The van der Waals surface area contributed by atoms with Crippen LogP contribution in [0.3, 0.4) is 0 Å². The third kappa shape index (κ3) is 2.70. The van der Waals surface area contributed by atoms with Crippen molar-refractivity contribution in [2.45, 2.75) is 33.4 Å². The molecule has 1 aromatic heterocycles. The van der Waals surface area contributed by atoms with E-state index >= 15 is 0 Å². The van der Waals surface area contributed by atoms with Crippen molar-refractivity contribution in [1.29, 1.82) is 0 Å². The molecule has 20 heavy (non-hydrogen) atoms. The molecular formula is C14H17N3O3. The summed E-state index contributed by atoms with van der Waals surface area (Å²) in [6, 6.07) is 6.40. The van der Waals surface area contributed by atoms with Gasteiger partial charge in [0.05, 0.1) is 23.3 Å². The second-order valence-electron chi connectivity index (χ2n) is 4.84. The molecule has 0 amide bonds. The van der Waals surface area contributed by atoms with Gasteiger partial charge in [-0.2, -0.15) is 5.10 Å². The summed E-state index contributed by atoms with van der Waals surface area (Å²) < 4.78 is 1.80. The lowest BCUT2D eigenvalue weighted by atomic mass is 10.1. The third-order valence-corrected chi connectivity index (χ3v) is 3.33. The summed E-state index contributed by atoms with van der Waals surface area (Å²) in [7, 11) is 0. The zero-order chi connectivity index (χ0) is 14.9. The summed E-state index contributed by atoms with van der Waals surface area (Å²) in [6.45, 7) is 6.01. The van der Waals surface area contributed by atoms with Gasteiger partial charge in [0, 0.05) is 23.4 Å². The van der Waals surface area contributed by atoms with E-state index in [0.29, 0.717) is 6.54 Å². The molecule has 2 rings (SSSR count). The highest BCUT2D eigenvalue weighted by Gasteiger charge is 2.15. The molecule has 0 saturated carbocycles. The van der Waals surface area contributed by atoms with Crippen LogP contribution in [0.1, 0.15) is 35.5 Å². The van der Waals surface area contributed by atoms with Gasteiger partial charge in [-0.05, 0) is 26.3 Å². The lowest BCUT2D eigenvalue weighted by Gasteiger charge is -2.07. The zero-order valence-electron chi connectivity index (χ0n) is 11.7. The molecule has 0 saturated heterocycles. The van der Waals surface area contributed by atoms with Crippen molar-refractivity contribution in [2.75, 3.05) is 0 Å². The van der Waals surface area contributed by atoms with Crippen LogP contribution >= 0.6 is 0 Å². The molecule has 6 nitrogen and oxygen atoms in total. The smallest absolute Gasteiger partial charge is 0.269 e. The molecular weight excluding hydrogens is 258 g/mol. The van der Waals surface area contributed by atoms with E-state index in [9.17, 15) is 15.2 Å². The van der Waals surface area contributed by atoms with E-state index in [4.69, 9.17) is 0 Å². The average molecular weight is 275 g/mol. The molecule has 1 aromatic carbocycles. The maximum Gasteiger partial charge on any atom is 0.269 e. The fourth-order valence-electron chi connectivity index (χ4n) is 2.37. The monoisotopic (exact) mass is 275 g/mol. The number of aryl methyl sites for hydroxylation is 1. The zero-order valence-corrected chi connectivity index (χ0v) is 11.7. The van der Waals surface area contributed by atoms with Gasteiger partial charge >= 0.3 is 0 Å². The van der Waals surface area contributed by atoms with E-state index in [-0.39, 0.29) is 5.69 Å². The molecule has 2 aromatic rings. The number of hydrogen-bond donors (Lipinski definition) is 1. The molecule has 0 bridgehead atoms. The second kappa shape index (κ2) is 5.42. The summed E-state index contributed by atoms with van der Waals surface area (Å²) in [5.41, 5.74) is 3.56. The highest BCUT2D eigenvalue weighted by atomic mass is 16.6. The van der Waals surface area contributed by atoms with Crippen LogP contribution in [0.25, 0.3) is 0 Å². The van der Waals surface area contributed by atoms with Gasteiger partial charge in [-0.25, -0.2) is 0 Å².